The van der Waals surface area contributed by atoms with E-state index in [4.69, 9.17) is 5.73 Å². The quantitative estimate of drug-likeness (QED) is 0.887. The van der Waals surface area contributed by atoms with Gasteiger partial charge in [0.05, 0.1) is 11.7 Å². The molecule has 0 spiro atoms. The second-order valence-electron chi connectivity index (χ2n) is 4.27. The Labute approximate surface area is 103 Å². The number of nitrogens with zero attached hydrogens (tertiary/aromatic N) is 1. The average Bonchev–Trinajstić information content (AvgIpc) is 2.88. The van der Waals surface area contributed by atoms with Crippen molar-refractivity contribution in [3.05, 3.63) is 51.2 Å². The van der Waals surface area contributed by atoms with Gasteiger partial charge in [-0.2, -0.15) is 0 Å². The summed E-state index contributed by atoms with van der Waals surface area (Å²) in [4.78, 5) is 5.86. The number of fused-ring (bicyclic) bond motifs is 1. The van der Waals surface area contributed by atoms with Gasteiger partial charge in [-0.05, 0) is 25.3 Å². The Morgan fingerprint density at radius 1 is 1.29 bits per heavy atom. The summed E-state index contributed by atoms with van der Waals surface area (Å²) in [7, 11) is 0. The third-order valence-corrected chi connectivity index (χ3v) is 4.36. The highest BCUT2D eigenvalue weighted by Crippen LogP contribution is 2.32. The molecule has 2 N–H and O–H groups in total. The van der Waals surface area contributed by atoms with E-state index in [1.165, 1.54) is 17.4 Å². The molecule has 2 aromatic rings. The number of rotatable bonds is 2. The van der Waals surface area contributed by atoms with E-state index < -0.39 is 6.04 Å². The standard InChI is InChI=1S/C13H13FN2S/c14-9-5-2-1-4-8(9)12(15)13-16-10-6-3-7-11(10)17-13/h1-2,4-5,12H,3,6-7,15H2. The molecule has 0 fully saturated rings. The highest BCUT2D eigenvalue weighted by Gasteiger charge is 2.22. The Morgan fingerprint density at radius 2 is 2.12 bits per heavy atom. The van der Waals surface area contributed by atoms with E-state index in [2.05, 4.69) is 4.98 Å². The topological polar surface area (TPSA) is 38.9 Å². The number of aryl methyl sites for hydroxylation is 2. The van der Waals surface area contributed by atoms with Crippen molar-refractivity contribution in [1.29, 1.82) is 0 Å². The summed E-state index contributed by atoms with van der Waals surface area (Å²) < 4.78 is 13.6. The number of aromatic nitrogens is 1. The van der Waals surface area contributed by atoms with Gasteiger partial charge >= 0.3 is 0 Å². The second kappa shape index (κ2) is 4.20. The first-order chi connectivity index (χ1) is 8.25. The van der Waals surface area contributed by atoms with E-state index in [1.54, 1.807) is 29.5 Å². The number of hydrogen-bond acceptors (Lipinski definition) is 3. The van der Waals surface area contributed by atoms with Crippen LogP contribution < -0.4 is 5.73 Å². The molecule has 0 radical (unpaired) electrons. The monoisotopic (exact) mass is 248 g/mol. The minimum Gasteiger partial charge on any atom is -0.318 e. The Hall–Kier alpha value is -1.26. The molecule has 0 saturated carbocycles. The van der Waals surface area contributed by atoms with Crippen LogP contribution in [-0.2, 0) is 12.8 Å². The van der Waals surface area contributed by atoms with Gasteiger partial charge in [0, 0.05) is 10.4 Å². The van der Waals surface area contributed by atoms with E-state index in [1.807, 2.05) is 0 Å². The highest BCUT2D eigenvalue weighted by molar-refractivity contribution is 7.11. The Morgan fingerprint density at radius 3 is 2.88 bits per heavy atom. The molecular formula is C13H13FN2S. The van der Waals surface area contributed by atoms with Crippen LogP contribution in [0.15, 0.2) is 24.3 Å². The first kappa shape index (κ1) is 10.9. The molecule has 1 unspecified atom stereocenters. The van der Waals surface area contributed by atoms with Crippen molar-refractivity contribution in [2.45, 2.75) is 25.3 Å². The lowest BCUT2D eigenvalue weighted by molar-refractivity contribution is 0.599. The van der Waals surface area contributed by atoms with E-state index in [0.29, 0.717) is 5.56 Å². The van der Waals surface area contributed by atoms with Crippen LogP contribution in [0.3, 0.4) is 0 Å². The largest absolute Gasteiger partial charge is 0.318 e. The zero-order chi connectivity index (χ0) is 11.8. The van der Waals surface area contributed by atoms with Gasteiger partial charge in [-0.3, -0.25) is 0 Å². The van der Waals surface area contributed by atoms with Gasteiger partial charge in [0.15, 0.2) is 0 Å². The van der Waals surface area contributed by atoms with Gasteiger partial charge in [0.25, 0.3) is 0 Å². The van der Waals surface area contributed by atoms with Crippen molar-refractivity contribution < 1.29 is 4.39 Å². The molecule has 1 aliphatic carbocycles. The van der Waals surface area contributed by atoms with Crippen molar-refractivity contribution in [1.82, 2.24) is 4.98 Å². The number of thiazole rings is 1. The fourth-order valence-corrected chi connectivity index (χ4v) is 3.38. The van der Waals surface area contributed by atoms with Crippen LogP contribution in [0.25, 0.3) is 0 Å². The zero-order valence-electron chi connectivity index (χ0n) is 9.32. The Kier molecular flexibility index (Phi) is 2.68. The third-order valence-electron chi connectivity index (χ3n) is 3.12. The molecule has 4 heteroatoms. The molecule has 0 aliphatic heterocycles. The summed E-state index contributed by atoms with van der Waals surface area (Å²) in [5.41, 5.74) is 7.78. The maximum atomic E-state index is 13.6. The van der Waals surface area contributed by atoms with Gasteiger partial charge in [-0.15, -0.1) is 11.3 Å². The normalized spacial score (nSPS) is 15.9. The molecule has 0 bridgehead atoms. The van der Waals surface area contributed by atoms with Crippen molar-refractivity contribution in [2.24, 2.45) is 5.73 Å². The second-order valence-corrected chi connectivity index (χ2v) is 5.39. The van der Waals surface area contributed by atoms with Crippen molar-refractivity contribution >= 4 is 11.3 Å². The molecule has 0 amide bonds. The first-order valence-corrected chi connectivity index (χ1v) is 6.56. The lowest BCUT2D eigenvalue weighted by Crippen LogP contribution is -2.13. The van der Waals surface area contributed by atoms with Crippen LogP contribution in [-0.4, -0.2) is 4.98 Å². The zero-order valence-corrected chi connectivity index (χ0v) is 10.1. The van der Waals surface area contributed by atoms with E-state index in [9.17, 15) is 4.39 Å². The van der Waals surface area contributed by atoms with Gasteiger partial charge in [-0.1, -0.05) is 18.2 Å². The van der Waals surface area contributed by atoms with E-state index >= 15 is 0 Å². The van der Waals surface area contributed by atoms with Crippen LogP contribution in [0.4, 0.5) is 4.39 Å². The highest BCUT2D eigenvalue weighted by atomic mass is 32.1. The molecule has 1 aliphatic rings. The van der Waals surface area contributed by atoms with Crippen LogP contribution in [0, 0.1) is 5.82 Å². The molecule has 17 heavy (non-hydrogen) atoms. The van der Waals surface area contributed by atoms with E-state index in [-0.39, 0.29) is 5.82 Å². The van der Waals surface area contributed by atoms with Crippen LogP contribution >= 0.6 is 11.3 Å². The maximum absolute atomic E-state index is 13.6. The Bertz CT molecular complexity index is 529. The minimum atomic E-state index is -0.438. The molecule has 1 atom stereocenters. The van der Waals surface area contributed by atoms with Crippen molar-refractivity contribution in [3.63, 3.8) is 0 Å². The maximum Gasteiger partial charge on any atom is 0.128 e. The first-order valence-electron chi connectivity index (χ1n) is 5.74. The summed E-state index contributed by atoms with van der Waals surface area (Å²) in [6.07, 6.45) is 3.32. The van der Waals surface area contributed by atoms with Gasteiger partial charge in [0.1, 0.15) is 10.8 Å². The SMILES string of the molecule is NC(c1nc2c(s1)CCC2)c1ccccc1F. The molecule has 1 aromatic heterocycles. The minimum absolute atomic E-state index is 0.254. The van der Waals surface area contributed by atoms with E-state index in [0.717, 1.165) is 23.5 Å². The number of hydrogen-bond donors (Lipinski definition) is 1. The Balaban J connectivity index is 1.96. The van der Waals surface area contributed by atoms with Crippen molar-refractivity contribution in [2.75, 3.05) is 0 Å². The molecule has 3 rings (SSSR count). The molecule has 88 valence electrons. The lowest BCUT2D eigenvalue weighted by atomic mass is 10.1. The smallest absolute Gasteiger partial charge is 0.128 e. The fraction of sp³-hybridized carbons (Fsp3) is 0.308. The van der Waals surface area contributed by atoms with Crippen LogP contribution in [0.2, 0.25) is 0 Å². The van der Waals surface area contributed by atoms with Gasteiger partial charge < -0.3 is 5.73 Å². The number of nitrogens with two attached hydrogens (primary N) is 1. The van der Waals surface area contributed by atoms with Crippen LogP contribution in [0.1, 0.15) is 33.6 Å². The molecular weight excluding hydrogens is 235 g/mol. The molecule has 1 heterocycles. The molecule has 0 saturated heterocycles. The summed E-state index contributed by atoms with van der Waals surface area (Å²) in [6, 6.07) is 6.21. The average molecular weight is 248 g/mol. The van der Waals surface area contributed by atoms with Gasteiger partial charge in [-0.25, -0.2) is 9.37 Å². The summed E-state index contributed by atoms with van der Waals surface area (Å²) in [5.74, 6) is -0.254. The molecule has 2 nitrogen and oxygen atoms in total. The van der Waals surface area contributed by atoms with Crippen LogP contribution in [0.5, 0.6) is 0 Å². The summed E-state index contributed by atoms with van der Waals surface area (Å²) in [6.45, 7) is 0. The third kappa shape index (κ3) is 1.87. The lowest BCUT2D eigenvalue weighted by Gasteiger charge is -2.09. The number of benzene rings is 1. The fourth-order valence-electron chi connectivity index (χ4n) is 2.20. The van der Waals surface area contributed by atoms with Gasteiger partial charge in [0.2, 0.25) is 0 Å². The predicted molar refractivity (Wildman–Crippen MR) is 66.6 cm³/mol. The predicted octanol–water partition coefficient (Wildman–Crippen LogP) is 2.82. The van der Waals surface area contributed by atoms with Crippen molar-refractivity contribution in [3.8, 4) is 0 Å². The molecule has 1 aromatic carbocycles. The number of halogens is 1. The summed E-state index contributed by atoms with van der Waals surface area (Å²) >= 11 is 1.63. The summed E-state index contributed by atoms with van der Waals surface area (Å²) in [5, 5.41) is 0.833.